The van der Waals surface area contributed by atoms with Crippen molar-refractivity contribution in [3.63, 3.8) is 0 Å². The van der Waals surface area contributed by atoms with Crippen molar-refractivity contribution in [2.45, 2.75) is 45.1 Å². The third-order valence-corrected chi connectivity index (χ3v) is 8.35. The highest BCUT2D eigenvalue weighted by Gasteiger charge is 2.18. The van der Waals surface area contributed by atoms with Crippen LogP contribution in [0.25, 0.3) is 22.3 Å². The molecule has 0 aromatic heterocycles. The van der Waals surface area contributed by atoms with Crippen molar-refractivity contribution in [2.75, 3.05) is 0 Å². The fourth-order valence-corrected chi connectivity index (χ4v) is 5.75. The molecule has 0 heterocycles. The molecule has 0 saturated carbocycles. The average molecular weight is 724 g/mol. The van der Waals surface area contributed by atoms with Crippen LogP contribution < -0.4 is 14.2 Å². The second-order valence-corrected chi connectivity index (χ2v) is 13.0. The monoisotopic (exact) mass is 723 g/mol. The van der Waals surface area contributed by atoms with Crippen molar-refractivity contribution >= 4 is 36.0 Å². The van der Waals surface area contributed by atoms with Crippen LogP contribution in [0.2, 0.25) is 0 Å². The number of rotatable bonds is 14. The van der Waals surface area contributed by atoms with Crippen LogP contribution in [-0.4, -0.2) is 35.8 Å². The van der Waals surface area contributed by atoms with Crippen LogP contribution in [0.1, 0.15) is 59.8 Å². The molecule has 5 aromatic carbocycles. The van der Waals surface area contributed by atoms with Crippen molar-refractivity contribution < 1.29 is 23.8 Å². The van der Waals surface area contributed by atoms with E-state index < -0.39 is 11.9 Å². The highest BCUT2D eigenvalue weighted by molar-refractivity contribution is 6.20. The summed E-state index contributed by atoms with van der Waals surface area (Å²) in [5.41, 5.74) is 6.34. The topological polar surface area (TPSA) is 110 Å². The number of halogens is 1. The van der Waals surface area contributed by atoms with Gasteiger partial charge >= 0.3 is 11.9 Å². The summed E-state index contributed by atoms with van der Waals surface area (Å²) >= 11 is 6.18. The van der Waals surface area contributed by atoms with Crippen molar-refractivity contribution in [3.8, 4) is 45.6 Å². The summed E-state index contributed by atoms with van der Waals surface area (Å²) in [5.74, 6) is 0.0306. The first-order chi connectivity index (χ1) is 25.6. The molecule has 53 heavy (non-hydrogen) atoms. The summed E-state index contributed by atoms with van der Waals surface area (Å²) in [6.07, 6.45) is 5.91. The van der Waals surface area contributed by atoms with E-state index in [1.807, 2.05) is 68.4 Å². The smallest absolute Gasteiger partial charge is 0.343 e. The van der Waals surface area contributed by atoms with Gasteiger partial charge in [-0.3, -0.25) is 0 Å². The van der Waals surface area contributed by atoms with E-state index in [1.54, 1.807) is 67.0 Å². The van der Waals surface area contributed by atoms with Gasteiger partial charge in [-0.2, -0.15) is 15.5 Å². The van der Waals surface area contributed by atoms with Gasteiger partial charge in [-0.15, -0.1) is 11.6 Å². The van der Waals surface area contributed by atoms with Crippen molar-refractivity contribution in [2.24, 2.45) is 10.2 Å². The third kappa shape index (κ3) is 10.6. The molecule has 266 valence electrons. The van der Waals surface area contributed by atoms with Crippen LogP contribution in [0.5, 0.6) is 17.2 Å². The van der Waals surface area contributed by atoms with E-state index in [1.165, 1.54) is 5.56 Å². The Morgan fingerprint density at radius 1 is 0.792 bits per heavy atom. The Kier molecular flexibility index (Phi) is 13.1. The van der Waals surface area contributed by atoms with E-state index in [0.717, 1.165) is 29.2 Å². The maximum atomic E-state index is 13.5. The predicted octanol–water partition coefficient (Wildman–Crippen LogP) is 10.0. The SMILES string of the molecule is C=CC(=O)Oc1ccc(/C=N/N=C/c2ccc(CC)cc2)c(-c2cc(C(=O)Oc3ccc(C#N)cc3)ccc2-c2ccc(OC(C)CC(C)Cl)cc2)c1. The maximum absolute atomic E-state index is 13.5. The molecule has 0 bridgehead atoms. The van der Waals surface area contributed by atoms with Gasteiger partial charge in [-0.1, -0.05) is 56.0 Å². The highest BCUT2D eigenvalue weighted by Crippen LogP contribution is 2.37. The lowest BCUT2D eigenvalue weighted by Crippen LogP contribution is -2.15. The van der Waals surface area contributed by atoms with Crippen LogP contribution >= 0.6 is 11.6 Å². The zero-order chi connectivity index (χ0) is 37.7. The molecule has 8 nitrogen and oxygen atoms in total. The summed E-state index contributed by atoms with van der Waals surface area (Å²) in [4.78, 5) is 25.7. The number of benzene rings is 5. The minimum atomic E-state index is -0.621. The number of esters is 2. The molecule has 9 heteroatoms. The van der Waals surface area contributed by atoms with Gasteiger partial charge in [-0.25, -0.2) is 9.59 Å². The number of nitriles is 1. The summed E-state index contributed by atoms with van der Waals surface area (Å²) in [6.45, 7) is 9.52. The Hall–Kier alpha value is -6.30. The molecule has 0 amide bonds. The first-order valence-electron chi connectivity index (χ1n) is 17.1. The molecule has 5 rings (SSSR count). The number of ether oxygens (including phenoxy) is 3. The lowest BCUT2D eigenvalue weighted by atomic mass is 9.90. The first kappa shape index (κ1) is 37.9. The van der Waals surface area contributed by atoms with Crippen molar-refractivity contribution in [1.29, 1.82) is 5.26 Å². The van der Waals surface area contributed by atoms with E-state index in [2.05, 4.69) is 29.8 Å². The average Bonchev–Trinajstić information content (AvgIpc) is 3.17. The molecule has 0 saturated heterocycles. The van der Waals surface area contributed by atoms with Crippen LogP contribution in [0.15, 0.2) is 132 Å². The third-order valence-electron chi connectivity index (χ3n) is 8.17. The van der Waals surface area contributed by atoms with Crippen LogP contribution in [0, 0.1) is 11.3 Å². The normalized spacial score (nSPS) is 12.2. The number of carbonyl (C=O) groups excluding carboxylic acids is 2. The van der Waals surface area contributed by atoms with E-state index in [9.17, 15) is 9.59 Å². The Bertz CT molecular complexity index is 2170. The van der Waals surface area contributed by atoms with Crippen LogP contribution in [0.4, 0.5) is 0 Å². The van der Waals surface area contributed by atoms with Gasteiger partial charge in [0.1, 0.15) is 17.2 Å². The largest absolute Gasteiger partial charge is 0.491 e. The zero-order valence-electron chi connectivity index (χ0n) is 29.7. The summed E-state index contributed by atoms with van der Waals surface area (Å²) in [6, 6.07) is 34.4. The fraction of sp³-hybridized carbons (Fsp3) is 0.159. The van der Waals surface area contributed by atoms with E-state index in [-0.39, 0.29) is 22.8 Å². The summed E-state index contributed by atoms with van der Waals surface area (Å²) in [7, 11) is 0. The van der Waals surface area contributed by atoms with Crippen LogP contribution in [-0.2, 0) is 11.2 Å². The molecular formula is C44H38ClN3O5. The molecule has 2 unspecified atom stereocenters. The fourth-order valence-electron chi connectivity index (χ4n) is 5.50. The van der Waals surface area contributed by atoms with Gasteiger partial charge in [0.25, 0.3) is 0 Å². The van der Waals surface area contributed by atoms with Crippen molar-refractivity contribution in [1.82, 2.24) is 0 Å². The Morgan fingerprint density at radius 2 is 1.47 bits per heavy atom. The molecule has 0 fully saturated rings. The number of hydrogen-bond donors (Lipinski definition) is 0. The second kappa shape index (κ2) is 18.3. The molecule has 0 aliphatic heterocycles. The lowest BCUT2D eigenvalue weighted by molar-refractivity contribution is -0.128. The number of alkyl halides is 1. The standard InChI is InChI=1S/C44H38ClN3O5/c1-5-31-7-9-33(10-8-31)27-47-48-28-36-15-21-39(52-43(49)6-2)25-41(36)42-24-35(44(50)53-38-17-11-32(26-46)12-18-38)16-22-40(42)34-13-19-37(20-14-34)51-30(4)23-29(3)45/h6-22,24-25,27-30H,2,5,23H2,1,3-4H3/b47-27+,48-28+. The van der Waals surface area contributed by atoms with Gasteiger partial charge in [0.2, 0.25) is 0 Å². The van der Waals surface area contributed by atoms with E-state index in [0.29, 0.717) is 40.2 Å². The number of nitrogens with zero attached hydrogens (tertiary/aromatic N) is 3. The quantitative estimate of drug-likeness (QED) is 0.0282. The minimum Gasteiger partial charge on any atom is -0.491 e. The molecule has 0 aliphatic rings. The van der Waals surface area contributed by atoms with Gasteiger partial charge in [-0.05, 0) is 120 Å². The Balaban J connectivity index is 1.58. The molecule has 0 spiro atoms. The summed E-state index contributed by atoms with van der Waals surface area (Å²) in [5, 5.41) is 17.8. The van der Waals surface area contributed by atoms with E-state index >= 15 is 0 Å². The zero-order valence-corrected chi connectivity index (χ0v) is 30.4. The highest BCUT2D eigenvalue weighted by atomic mass is 35.5. The molecule has 5 aromatic rings. The number of hydrogen-bond acceptors (Lipinski definition) is 8. The van der Waals surface area contributed by atoms with Gasteiger partial charge in [0.15, 0.2) is 0 Å². The molecule has 0 N–H and O–H groups in total. The maximum Gasteiger partial charge on any atom is 0.343 e. The van der Waals surface area contributed by atoms with Crippen molar-refractivity contribution in [3.05, 3.63) is 150 Å². The van der Waals surface area contributed by atoms with Gasteiger partial charge < -0.3 is 14.2 Å². The minimum absolute atomic E-state index is 0.0220. The van der Waals surface area contributed by atoms with Gasteiger partial charge in [0, 0.05) is 23.4 Å². The van der Waals surface area contributed by atoms with E-state index in [4.69, 9.17) is 31.1 Å². The van der Waals surface area contributed by atoms with Gasteiger partial charge in [0.05, 0.1) is 35.7 Å². The first-order valence-corrected chi connectivity index (χ1v) is 17.5. The predicted molar refractivity (Wildman–Crippen MR) is 210 cm³/mol. The molecule has 0 radical (unpaired) electrons. The summed E-state index contributed by atoms with van der Waals surface area (Å²) < 4.78 is 17.3. The number of carbonyl (C=O) groups is 2. The molecule has 0 aliphatic carbocycles. The lowest BCUT2D eigenvalue weighted by Gasteiger charge is -2.17. The second-order valence-electron chi connectivity index (χ2n) is 12.2. The molecular weight excluding hydrogens is 686 g/mol. The van der Waals surface area contributed by atoms with Crippen LogP contribution in [0.3, 0.4) is 0 Å². The number of aryl methyl sites for hydroxylation is 1. The molecule has 2 atom stereocenters. The Labute approximate surface area is 314 Å². The Morgan fingerprint density at radius 3 is 2.13 bits per heavy atom.